The molecule has 1 aromatic carbocycles. The minimum Gasteiger partial charge on any atom is -0.445 e. The molecular weight excluding hydrogens is 346 g/mol. The van der Waals surface area contributed by atoms with E-state index in [0.29, 0.717) is 6.42 Å². The van der Waals surface area contributed by atoms with Crippen LogP contribution in [0.1, 0.15) is 39.7 Å². The van der Waals surface area contributed by atoms with E-state index in [1.54, 1.807) is 13.8 Å². The standard InChI is InChI=1S/C20H29N3O4/c1-13(2)10-11-16(18(21)24)22-19(25)17(14(3)4)23-20(26)27-12-15-8-6-5-7-9-15/h5-10,14,16-17H,11-12H2,1-4H3,(H2,21,24)(H,22,25)(H,23,26)/t16-,17-/m1/s1. The zero-order chi connectivity index (χ0) is 20.4. The van der Waals surface area contributed by atoms with Crippen LogP contribution in [0.2, 0.25) is 0 Å². The Morgan fingerprint density at radius 3 is 2.26 bits per heavy atom. The molecule has 7 heteroatoms. The number of rotatable bonds is 9. The van der Waals surface area contributed by atoms with Crippen molar-refractivity contribution >= 4 is 17.9 Å². The third-order valence-corrected chi connectivity index (χ3v) is 3.86. The van der Waals surface area contributed by atoms with Gasteiger partial charge in [-0.2, -0.15) is 0 Å². The molecule has 0 saturated carbocycles. The summed E-state index contributed by atoms with van der Waals surface area (Å²) in [5.41, 5.74) is 7.22. The van der Waals surface area contributed by atoms with Crippen LogP contribution < -0.4 is 16.4 Å². The van der Waals surface area contributed by atoms with E-state index in [2.05, 4.69) is 10.6 Å². The number of primary amides is 1. The Bertz CT molecular complexity index is 667. The fourth-order valence-corrected chi connectivity index (χ4v) is 2.29. The van der Waals surface area contributed by atoms with E-state index in [1.165, 1.54) is 0 Å². The third-order valence-electron chi connectivity index (χ3n) is 3.86. The molecule has 0 bridgehead atoms. The molecule has 148 valence electrons. The predicted octanol–water partition coefficient (Wildman–Crippen LogP) is 2.26. The molecule has 0 saturated heterocycles. The fraction of sp³-hybridized carbons (Fsp3) is 0.450. The molecule has 0 unspecified atom stereocenters. The number of alkyl carbamates (subject to hydrolysis) is 1. The van der Waals surface area contributed by atoms with Crippen molar-refractivity contribution < 1.29 is 19.1 Å². The zero-order valence-corrected chi connectivity index (χ0v) is 16.3. The Morgan fingerprint density at radius 2 is 1.74 bits per heavy atom. The first-order valence-electron chi connectivity index (χ1n) is 8.91. The second-order valence-corrected chi connectivity index (χ2v) is 6.91. The summed E-state index contributed by atoms with van der Waals surface area (Å²) in [7, 11) is 0. The van der Waals surface area contributed by atoms with Crippen LogP contribution in [-0.2, 0) is 20.9 Å². The molecule has 0 aromatic heterocycles. The Labute approximate surface area is 160 Å². The second kappa shape index (κ2) is 11.0. The maximum absolute atomic E-state index is 12.5. The smallest absolute Gasteiger partial charge is 0.408 e. The van der Waals surface area contributed by atoms with Gasteiger partial charge in [0.05, 0.1) is 0 Å². The molecule has 0 aliphatic carbocycles. The van der Waals surface area contributed by atoms with Crippen molar-refractivity contribution in [3.63, 3.8) is 0 Å². The van der Waals surface area contributed by atoms with Crippen LogP contribution in [0.4, 0.5) is 4.79 Å². The molecule has 0 fully saturated rings. The highest BCUT2D eigenvalue weighted by molar-refractivity contribution is 5.90. The number of allylic oxidation sites excluding steroid dienone is 1. The van der Waals surface area contributed by atoms with E-state index < -0.39 is 30.0 Å². The maximum atomic E-state index is 12.5. The largest absolute Gasteiger partial charge is 0.445 e. The van der Waals surface area contributed by atoms with Gasteiger partial charge in [-0.25, -0.2) is 4.79 Å². The van der Waals surface area contributed by atoms with E-state index in [0.717, 1.165) is 11.1 Å². The average molecular weight is 375 g/mol. The SMILES string of the molecule is CC(C)=CC[C@@H](NC(=O)[C@H](NC(=O)OCc1ccccc1)C(C)C)C(N)=O. The number of ether oxygens (including phenoxy) is 1. The van der Waals surface area contributed by atoms with Gasteiger partial charge in [0.2, 0.25) is 11.8 Å². The summed E-state index contributed by atoms with van der Waals surface area (Å²) < 4.78 is 5.16. The first-order chi connectivity index (χ1) is 12.7. The van der Waals surface area contributed by atoms with Crippen LogP contribution in [0.5, 0.6) is 0 Å². The molecule has 0 spiro atoms. The number of carbonyl (C=O) groups is 3. The van der Waals surface area contributed by atoms with Crippen molar-refractivity contribution in [1.29, 1.82) is 0 Å². The van der Waals surface area contributed by atoms with Crippen LogP contribution in [0.3, 0.4) is 0 Å². The molecule has 7 nitrogen and oxygen atoms in total. The van der Waals surface area contributed by atoms with E-state index in [-0.39, 0.29) is 12.5 Å². The Kier molecular flexibility index (Phi) is 9.05. The molecule has 2 atom stereocenters. The van der Waals surface area contributed by atoms with Gasteiger partial charge in [-0.15, -0.1) is 0 Å². The predicted molar refractivity (Wildman–Crippen MR) is 104 cm³/mol. The van der Waals surface area contributed by atoms with Gasteiger partial charge in [0, 0.05) is 0 Å². The molecular formula is C20H29N3O4. The van der Waals surface area contributed by atoms with Crippen LogP contribution in [0, 0.1) is 5.92 Å². The van der Waals surface area contributed by atoms with Gasteiger partial charge >= 0.3 is 6.09 Å². The van der Waals surface area contributed by atoms with Crippen LogP contribution >= 0.6 is 0 Å². The van der Waals surface area contributed by atoms with Gasteiger partial charge in [-0.1, -0.05) is 55.8 Å². The van der Waals surface area contributed by atoms with Gasteiger partial charge in [0.25, 0.3) is 0 Å². The van der Waals surface area contributed by atoms with Gasteiger partial charge in [-0.3, -0.25) is 9.59 Å². The normalized spacial score (nSPS) is 12.6. The molecule has 1 rings (SSSR count). The highest BCUT2D eigenvalue weighted by Crippen LogP contribution is 2.06. The van der Waals surface area contributed by atoms with Crippen molar-refractivity contribution in [2.75, 3.05) is 0 Å². The number of hydrogen-bond acceptors (Lipinski definition) is 4. The molecule has 0 aliphatic rings. The molecule has 27 heavy (non-hydrogen) atoms. The summed E-state index contributed by atoms with van der Waals surface area (Å²) in [5, 5.41) is 5.16. The number of nitrogens with one attached hydrogen (secondary N) is 2. The van der Waals surface area contributed by atoms with Crippen molar-refractivity contribution in [3.8, 4) is 0 Å². The van der Waals surface area contributed by atoms with Gasteiger partial charge in [0.15, 0.2) is 0 Å². The van der Waals surface area contributed by atoms with E-state index in [4.69, 9.17) is 10.5 Å². The van der Waals surface area contributed by atoms with Gasteiger partial charge < -0.3 is 21.1 Å². The van der Waals surface area contributed by atoms with Crippen LogP contribution in [0.25, 0.3) is 0 Å². The van der Waals surface area contributed by atoms with E-state index >= 15 is 0 Å². The van der Waals surface area contributed by atoms with Gasteiger partial charge in [-0.05, 0) is 31.7 Å². The summed E-state index contributed by atoms with van der Waals surface area (Å²) >= 11 is 0. The van der Waals surface area contributed by atoms with Gasteiger partial charge in [0.1, 0.15) is 18.7 Å². The number of nitrogens with two attached hydrogens (primary N) is 1. The minimum absolute atomic E-state index is 0.101. The summed E-state index contributed by atoms with van der Waals surface area (Å²) in [5.74, 6) is -1.31. The summed E-state index contributed by atoms with van der Waals surface area (Å²) in [6, 6.07) is 7.54. The van der Waals surface area contributed by atoms with Crippen molar-refractivity contribution in [2.24, 2.45) is 11.7 Å². The highest BCUT2D eigenvalue weighted by Gasteiger charge is 2.28. The Hall–Kier alpha value is -2.83. The summed E-state index contributed by atoms with van der Waals surface area (Å²) in [4.78, 5) is 36.2. The topological polar surface area (TPSA) is 111 Å². The van der Waals surface area contributed by atoms with Crippen molar-refractivity contribution in [2.45, 2.75) is 52.8 Å². The molecule has 0 radical (unpaired) electrons. The van der Waals surface area contributed by atoms with Crippen LogP contribution in [-0.4, -0.2) is 30.0 Å². The van der Waals surface area contributed by atoms with E-state index in [1.807, 2.05) is 50.3 Å². The molecule has 1 aromatic rings. The summed E-state index contributed by atoms with van der Waals surface area (Å²) in [6.45, 7) is 7.46. The van der Waals surface area contributed by atoms with Crippen molar-refractivity contribution in [1.82, 2.24) is 10.6 Å². The molecule has 0 heterocycles. The number of hydrogen-bond donors (Lipinski definition) is 3. The fourth-order valence-electron chi connectivity index (χ4n) is 2.29. The lowest BCUT2D eigenvalue weighted by Crippen LogP contribution is -2.54. The highest BCUT2D eigenvalue weighted by atomic mass is 16.5. The molecule has 4 N–H and O–H groups in total. The third kappa shape index (κ3) is 8.40. The Morgan fingerprint density at radius 1 is 1.11 bits per heavy atom. The van der Waals surface area contributed by atoms with Crippen molar-refractivity contribution in [3.05, 3.63) is 47.5 Å². The zero-order valence-electron chi connectivity index (χ0n) is 16.3. The number of benzene rings is 1. The lowest BCUT2D eigenvalue weighted by atomic mass is 10.0. The molecule has 3 amide bonds. The first-order valence-corrected chi connectivity index (χ1v) is 8.91. The lowest BCUT2D eigenvalue weighted by Gasteiger charge is -2.23. The quantitative estimate of drug-likeness (QED) is 0.575. The summed E-state index contributed by atoms with van der Waals surface area (Å²) in [6.07, 6.45) is 1.42. The monoisotopic (exact) mass is 375 g/mol. The maximum Gasteiger partial charge on any atom is 0.408 e. The number of carbonyl (C=O) groups excluding carboxylic acids is 3. The Balaban J connectivity index is 2.67. The number of amides is 3. The minimum atomic E-state index is -0.846. The van der Waals surface area contributed by atoms with E-state index in [9.17, 15) is 14.4 Å². The first kappa shape index (κ1) is 22.2. The average Bonchev–Trinajstić information content (AvgIpc) is 2.61. The molecule has 0 aliphatic heterocycles. The lowest BCUT2D eigenvalue weighted by molar-refractivity contribution is -0.129. The second-order valence-electron chi connectivity index (χ2n) is 6.91. The van der Waals surface area contributed by atoms with Crippen LogP contribution in [0.15, 0.2) is 42.0 Å².